The zero-order chi connectivity index (χ0) is 34.5. The molecule has 7 aliphatic carbocycles. The average Bonchev–Trinajstić information content (AvgIpc) is 3.87. The number of aromatic amines is 2. The Labute approximate surface area is 295 Å². The van der Waals surface area contributed by atoms with Crippen LogP contribution in [0.3, 0.4) is 0 Å². The maximum Gasteiger partial charge on any atom is 0.189 e. The average molecular weight is 676 g/mol. The number of benzene rings is 1. The van der Waals surface area contributed by atoms with Crippen molar-refractivity contribution in [1.82, 2.24) is 15.3 Å². The first-order valence-corrected chi connectivity index (χ1v) is 19.1. The summed E-state index contributed by atoms with van der Waals surface area (Å²) in [5, 5.41) is 41.8. The molecule has 264 valence electrons. The van der Waals surface area contributed by atoms with Gasteiger partial charge in [0, 0.05) is 54.3 Å². The largest absolute Gasteiger partial charge is 0.390 e. The molecule has 3 aromatic rings. The SMILES string of the molecule is CN=C(N)N[C@H]1C#C[C@H]2C[C@]3(C=C(Cc4cc5ccccc5[nH]4)[C@]24C[C@H]2CC[C@@H]4[C@H]4[C@H](C[C@H](O)[C@@]4(O)C1)[C@]2(C)O)CC[C@H](Cc1ccc[nH]1)C3. The summed E-state index contributed by atoms with van der Waals surface area (Å²) >= 11 is 0. The van der Waals surface area contributed by atoms with Gasteiger partial charge in [-0.2, -0.15) is 0 Å². The van der Waals surface area contributed by atoms with Crippen molar-refractivity contribution in [1.29, 1.82) is 0 Å². The van der Waals surface area contributed by atoms with Crippen molar-refractivity contribution in [3.05, 3.63) is 71.7 Å². The first-order valence-electron chi connectivity index (χ1n) is 19.1. The van der Waals surface area contributed by atoms with Crippen LogP contribution in [0.25, 0.3) is 10.9 Å². The molecule has 5 saturated carbocycles. The number of aliphatic imine (C=N–C) groups is 1. The van der Waals surface area contributed by atoms with E-state index in [9.17, 15) is 15.3 Å². The number of hydrogen-bond donors (Lipinski definition) is 7. The molecule has 8 nitrogen and oxygen atoms in total. The highest BCUT2D eigenvalue weighted by Crippen LogP contribution is 2.72. The Morgan fingerprint density at radius 1 is 1.02 bits per heavy atom. The van der Waals surface area contributed by atoms with E-state index in [1.54, 1.807) is 7.05 Å². The van der Waals surface area contributed by atoms with Crippen LogP contribution in [0, 0.1) is 58.2 Å². The summed E-state index contributed by atoms with van der Waals surface area (Å²) in [6, 6.07) is 14.7. The lowest BCUT2D eigenvalue weighted by Gasteiger charge is -2.58. The Balaban J connectivity index is 1.23. The molecule has 2 spiro atoms. The Bertz CT molecular complexity index is 1870. The molecule has 7 aliphatic rings. The summed E-state index contributed by atoms with van der Waals surface area (Å²) in [5.41, 5.74) is 8.61. The lowest BCUT2D eigenvalue weighted by molar-refractivity contribution is -0.128. The Kier molecular flexibility index (Phi) is 7.45. The highest BCUT2D eigenvalue weighted by Gasteiger charge is 2.71. The van der Waals surface area contributed by atoms with Gasteiger partial charge < -0.3 is 36.3 Å². The van der Waals surface area contributed by atoms with E-state index in [0.717, 1.165) is 56.9 Å². The molecular formula is C42H53N5O3. The molecule has 8 heteroatoms. The van der Waals surface area contributed by atoms with Gasteiger partial charge in [0.1, 0.15) is 0 Å². The fourth-order valence-electron chi connectivity index (χ4n) is 12.7. The number of nitrogens with zero attached hydrogens (tertiary/aromatic N) is 1. The fourth-order valence-corrected chi connectivity index (χ4v) is 12.7. The summed E-state index contributed by atoms with van der Waals surface area (Å²) in [5.74, 6) is 8.12. The zero-order valence-electron chi connectivity index (χ0n) is 29.5. The molecule has 5 fully saturated rings. The van der Waals surface area contributed by atoms with Crippen LogP contribution in [0.5, 0.6) is 0 Å². The van der Waals surface area contributed by atoms with Gasteiger partial charge in [-0.05, 0) is 129 Å². The van der Waals surface area contributed by atoms with Crippen molar-refractivity contribution in [2.75, 3.05) is 7.05 Å². The number of fused-ring (bicyclic) bond motifs is 2. The molecular weight excluding hydrogens is 622 g/mol. The number of aromatic nitrogens is 2. The van der Waals surface area contributed by atoms with Crippen LogP contribution in [0.4, 0.5) is 0 Å². The number of hydrogen-bond acceptors (Lipinski definition) is 4. The number of aliphatic hydroxyl groups is 3. The molecule has 2 aromatic heterocycles. The van der Waals surface area contributed by atoms with Crippen LogP contribution in [0.2, 0.25) is 0 Å². The van der Waals surface area contributed by atoms with E-state index >= 15 is 0 Å². The van der Waals surface area contributed by atoms with E-state index in [4.69, 9.17) is 5.73 Å². The van der Waals surface area contributed by atoms with Crippen molar-refractivity contribution in [3.8, 4) is 11.8 Å². The normalized spacial score (nSPS) is 43.4. The first-order chi connectivity index (χ1) is 24.0. The van der Waals surface area contributed by atoms with Gasteiger partial charge in [-0.25, -0.2) is 0 Å². The minimum Gasteiger partial charge on any atom is -0.390 e. The molecule has 0 amide bonds. The van der Waals surface area contributed by atoms with E-state index in [1.165, 1.54) is 28.8 Å². The standard InChI is InChI=1S/C42H53N5O3/c1-39(49)27-10-12-33-37-34(39)19-36(48)42(37,50)24-31(47-38(43)44-2)11-9-28-21-40(14-13-25(20-40)16-30-7-5-15-45-30)22-29(41(28,33)23-27)18-32-17-26-6-3-4-8-35(26)46-32/h3-8,15,17,22,25,27-28,31,33-34,36-37,45-46,48-50H,10,12-14,16,18-21,23-24H2,1-2H3,(H3,43,44,47)/t25-,27-,28+,31+,33-,34+,36+,37+,39-,40+,41+,42+/m1/s1. The lowest BCUT2D eigenvalue weighted by atomic mass is 9.46. The zero-order valence-corrected chi connectivity index (χ0v) is 29.5. The molecule has 12 atom stereocenters. The molecule has 0 radical (unpaired) electrons. The number of para-hydroxylation sites is 1. The van der Waals surface area contributed by atoms with Crippen LogP contribution < -0.4 is 11.1 Å². The number of allylic oxidation sites excluding steroid dienone is 2. The number of H-pyrrole nitrogens is 2. The Morgan fingerprint density at radius 3 is 2.68 bits per heavy atom. The molecule has 2 heterocycles. The van der Waals surface area contributed by atoms with E-state index in [2.05, 4.69) is 80.7 Å². The molecule has 50 heavy (non-hydrogen) atoms. The van der Waals surface area contributed by atoms with Crippen molar-refractivity contribution in [2.45, 2.75) is 101 Å². The maximum absolute atomic E-state index is 12.9. The monoisotopic (exact) mass is 675 g/mol. The maximum atomic E-state index is 12.9. The number of nitrogens with one attached hydrogen (secondary N) is 3. The fraction of sp³-hybridized carbons (Fsp3) is 0.595. The summed E-state index contributed by atoms with van der Waals surface area (Å²) in [4.78, 5) is 11.4. The lowest BCUT2D eigenvalue weighted by Crippen LogP contribution is -2.56. The van der Waals surface area contributed by atoms with Gasteiger partial charge in [-0.3, -0.25) is 4.99 Å². The molecule has 10 rings (SSSR count). The van der Waals surface area contributed by atoms with Gasteiger partial charge in [0.05, 0.1) is 23.3 Å². The van der Waals surface area contributed by atoms with Gasteiger partial charge >= 0.3 is 0 Å². The minimum absolute atomic E-state index is 0.0308. The number of nitrogens with two attached hydrogens (primary N) is 1. The number of rotatable bonds is 5. The molecule has 0 unspecified atom stereocenters. The number of aliphatic hydroxyl groups excluding tert-OH is 1. The van der Waals surface area contributed by atoms with Crippen LogP contribution in [-0.2, 0) is 12.8 Å². The summed E-state index contributed by atoms with van der Waals surface area (Å²) in [6.45, 7) is 2.01. The van der Waals surface area contributed by atoms with E-state index in [1.807, 2.05) is 13.1 Å². The highest BCUT2D eigenvalue weighted by atomic mass is 16.3. The van der Waals surface area contributed by atoms with Crippen LogP contribution in [0.1, 0.15) is 76.1 Å². The topological polar surface area (TPSA) is 143 Å². The summed E-state index contributed by atoms with van der Waals surface area (Å²) in [7, 11) is 1.65. The third kappa shape index (κ3) is 4.87. The van der Waals surface area contributed by atoms with E-state index in [-0.39, 0.29) is 52.8 Å². The van der Waals surface area contributed by atoms with Crippen LogP contribution >= 0.6 is 0 Å². The smallest absolute Gasteiger partial charge is 0.189 e. The van der Waals surface area contributed by atoms with Crippen LogP contribution in [0.15, 0.2) is 65.3 Å². The molecule has 8 N–H and O–H groups in total. The van der Waals surface area contributed by atoms with Crippen molar-refractivity contribution < 1.29 is 15.3 Å². The summed E-state index contributed by atoms with van der Waals surface area (Å²) in [6.07, 6.45) is 13.4. The van der Waals surface area contributed by atoms with Crippen LogP contribution in [-0.4, -0.2) is 61.6 Å². The van der Waals surface area contributed by atoms with Gasteiger partial charge in [-0.1, -0.05) is 41.7 Å². The van der Waals surface area contributed by atoms with Gasteiger partial charge in [0.25, 0.3) is 0 Å². The Hall–Kier alpha value is -3.51. The molecule has 4 bridgehead atoms. The second kappa shape index (κ2) is 11.5. The Morgan fingerprint density at radius 2 is 1.88 bits per heavy atom. The third-order valence-corrected chi connectivity index (χ3v) is 14.9. The molecule has 1 aromatic carbocycles. The molecule has 0 aliphatic heterocycles. The van der Waals surface area contributed by atoms with Gasteiger partial charge in [0.2, 0.25) is 0 Å². The second-order valence-electron chi connectivity index (χ2n) is 17.4. The van der Waals surface area contributed by atoms with Crippen molar-refractivity contribution in [3.63, 3.8) is 0 Å². The number of guanidine groups is 1. The highest BCUT2D eigenvalue weighted by molar-refractivity contribution is 5.80. The second-order valence-corrected chi connectivity index (χ2v) is 17.4. The van der Waals surface area contributed by atoms with E-state index < -0.39 is 23.3 Å². The van der Waals surface area contributed by atoms with Gasteiger partial charge in [0.15, 0.2) is 5.96 Å². The van der Waals surface area contributed by atoms with Crippen molar-refractivity contribution in [2.24, 2.45) is 57.1 Å². The minimum atomic E-state index is -1.42. The predicted molar refractivity (Wildman–Crippen MR) is 196 cm³/mol. The predicted octanol–water partition coefficient (Wildman–Crippen LogP) is 5.22. The van der Waals surface area contributed by atoms with Gasteiger partial charge in [-0.15, -0.1) is 0 Å². The van der Waals surface area contributed by atoms with E-state index in [0.29, 0.717) is 12.3 Å². The van der Waals surface area contributed by atoms with Crippen molar-refractivity contribution >= 4 is 16.9 Å². The quantitative estimate of drug-likeness (QED) is 0.0860. The third-order valence-electron chi connectivity index (χ3n) is 14.9. The first kappa shape index (κ1) is 32.4. The summed E-state index contributed by atoms with van der Waals surface area (Å²) < 4.78 is 0. The molecule has 0 saturated heterocycles.